The summed E-state index contributed by atoms with van der Waals surface area (Å²) < 4.78 is 0. The molecule has 0 radical (unpaired) electrons. The van der Waals surface area contributed by atoms with Gasteiger partial charge in [-0.05, 0) is 56.5 Å². The largest absolute Gasteiger partial charge is 0.350 e. The van der Waals surface area contributed by atoms with Crippen molar-refractivity contribution < 1.29 is 4.79 Å². The first-order valence-corrected chi connectivity index (χ1v) is 6.89. The van der Waals surface area contributed by atoms with Gasteiger partial charge in [-0.25, -0.2) is 0 Å². The molecular weight excluding hydrogens is 236 g/mol. The van der Waals surface area contributed by atoms with Crippen molar-refractivity contribution in [3.05, 3.63) is 41.0 Å². The fourth-order valence-electron chi connectivity index (χ4n) is 2.34. The third-order valence-corrected chi connectivity index (χ3v) is 3.33. The number of hydrogen-bond donors (Lipinski definition) is 2. The van der Waals surface area contributed by atoms with Crippen LogP contribution in [0.25, 0.3) is 5.57 Å². The molecule has 0 bridgehead atoms. The molecule has 0 fully saturated rings. The van der Waals surface area contributed by atoms with Gasteiger partial charge >= 0.3 is 0 Å². The number of rotatable bonds is 3. The Morgan fingerprint density at radius 1 is 1.37 bits per heavy atom. The molecule has 2 rings (SSSR count). The number of amides is 1. The van der Waals surface area contributed by atoms with E-state index in [2.05, 4.69) is 28.8 Å². The molecule has 3 nitrogen and oxygen atoms in total. The van der Waals surface area contributed by atoms with E-state index in [1.54, 1.807) is 0 Å². The topological polar surface area (TPSA) is 41.1 Å². The lowest BCUT2D eigenvalue weighted by Gasteiger charge is -2.16. The minimum atomic E-state index is 0.0124. The molecule has 19 heavy (non-hydrogen) atoms. The maximum atomic E-state index is 12.0. The van der Waals surface area contributed by atoms with Crippen LogP contribution in [-0.2, 0) is 0 Å². The predicted octanol–water partition coefficient (Wildman–Crippen LogP) is 2.51. The van der Waals surface area contributed by atoms with E-state index in [9.17, 15) is 4.79 Å². The molecule has 0 unspecified atom stereocenters. The Morgan fingerprint density at radius 2 is 2.16 bits per heavy atom. The first kappa shape index (κ1) is 13.8. The number of aryl methyl sites for hydroxylation is 1. The quantitative estimate of drug-likeness (QED) is 0.874. The van der Waals surface area contributed by atoms with Crippen LogP contribution in [0.4, 0.5) is 0 Å². The molecule has 0 aliphatic carbocycles. The predicted molar refractivity (Wildman–Crippen MR) is 79.2 cm³/mol. The summed E-state index contributed by atoms with van der Waals surface area (Å²) in [7, 11) is 0. The minimum Gasteiger partial charge on any atom is -0.350 e. The average Bonchev–Trinajstić information content (AvgIpc) is 2.38. The van der Waals surface area contributed by atoms with Crippen LogP contribution in [0.3, 0.4) is 0 Å². The Balaban J connectivity index is 2.21. The van der Waals surface area contributed by atoms with Gasteiger partial charge in [0.15, 0.2) is 0 Å². The standard InChI is InChI=1S/C16H22N2O/c1-11(2)18-16(19)15-5-4-14(10-12(15)3)13-6-8-17-9-7-13/h4-6,10-11,17H,7-9H2,1-3H3,(H,18,19). The van der Waals surface area contributed by atoms with Crippen molar-refractivity contribution in [2.24, 2.45) is 0 Å². The highest BCUT2D eigenvalue weighted by Crippen LogP contribution is 2.22. The highest BCUT2D eigenvalue weighted by Gasteiger charge is 2.12. The summed E-state index contributed by atoms with van der Waals surface area (Å²) in [5, 5.41) is 6.25. The van der Waals surface area contributed by atoms with Gasteiger partial charge in [0.25, 0.3) is 5.91 Å². The maximum Gasteiger partial charge on any atom is 0.251 e. The van der Waals surface area contributed by atoms with E-state index in [0.717, 1.165) is 30.6 Å². The molecule has 0 saturated carbocycles. The second-order valence-electron chi connectivity index (χ2n) is 5.34. The lowest BCUT2D eigenvalue weighted by Crippen LogP contribution is -2.30. The lowest BCUT2D eigenvalue weighted by molar-refractivity contribution is 0.0942. The molecule has 0 atom stereocenters. The SMILES string of the molecule is Cc1cc(C2=CCNCC2)ccc1C(=O)NC(C)C. The molecule has 2 N–H and O–H groups in total. The zero-order chi connectivity index (χ0) is 13.8. The van der Waals surface area contributed by atoms with Gasteiger partial charge in [-0.3, -0.25) is 4.79 Å². The van der Waals surface area contributed by atoms with Gasteiger partial charge in [0.05, 0.1) is 0 Å². The van der Waals surface area contributed by atoms with Crippen molar-refractivity contribution >= 4 is 11.5 Å². The van der Waals surface area contributed by atoms with Crippen LogP contribution in [0.15, 0.2) is 24.3 Å². The summed E-state index contributed by atoms with van der Waals surface area (Å²) in [6, 6.07) is 6.27. The fraction of sp³-hybridized carbons (Fsp3) is 0.438. The van der Waals surface area contributed by atoms with E-state index in [-0.39, 0.29) is 11.9 Å². The van der Waals surface area contributed by atoms with E-state index in [1.807, 2.05) is 26.8 Å². The van der Waals surface area contributed by atoms with Gasteiger partial charge in [0.1, 0.15) is 0 Å². The Hall–Kier alpha value is -1.61. The molecule has 1 aromatic rings. The first-order valence-electron chi connectivity index (χ1n) is 6.89. The van der Waals surface area contributed by atoms with Crippen molar-refractivity contribution in [1.82, 2.24) is 10.6 Å². The molecule has 1 aromatic carbocycles. The second-order valence-corrected chi connectivity index (χ2v) is 5.34. The Kier molecular flexibility index (Phi) is 4.38. The highest BCUT2D eigenvalue weighted by atomic mass is 16.1. The number of carbonyl (C=O) groups is 1. The van der Waals surface area contributed by atoms with Crippen molar-refractivity contribution in [3.8, 4) is 0 Å². The molecule has 1 heterocycles. The van der Waals surface area contributed by atoms with Gasteiger partial charge in [-0.1, -0.05) is 18.2 Å². The summed E-state index contributed by atoms with van der Waals surface area (Å²) in [5.74, 6) is 0.0124. The van der Waals surface area contributed by atoms with E-state index >= 15 is 0 Å². The molecule has 1 amide bonds. The third-order valence-electron chi connectivity index (χ3n) is 3.33. The molecule has 3 heteroatoms. The van der Waals surface area contributed by atoms with E-state index in [0.29, 0.717) is 0 Å². The van der Waals surface area contributed by atoms with Crippen LogP contribution in [0, 0.1) is 6.92 Å². The van der Waals surface area contributed by atoms with Gasteiger partial charge < -0.3 is 10.6 Å². The highest BCUT2D eigenvalue weighted by molar-refractivity contribution is 5.96. The second kappa shape index (κ2) is 6.02. The van der Waals surface area contributed by atoms with Crippen molar-refractivity contribution in [3.63, 3.8) is 0 Å². The Morgan fingerprint density at radius 3 is 2.74 bits per heavy atom. The van der Waals surface area contributed by atoms with Crippen LogP contribution in [0.5, 0.6) is 0 Å². The number of nitrogens with one attached hydrogen (secondary N) is 2. The van der Waals surface area contributed by atoms with Gasteiger partial charge in [-0.2, -0.15) is 0 Å². The Bertz CT molecular complexity index is 503. The summed E-state index contributed by atoms with van der Waals surface area (Å²) in [4.78, 5) is 12.0. The number of benzene rings is 1. The minimum absolute atomic E-state index is 0.0124. The van der Waals surface area contributed by atoms with E-state index in [1.165, 1.54) is 11.1 Å². The fourth-order valence-corrected chi connectivity index (χ4v) is 2.34. The van der Waals surface area contributed by atoms with Crippen molar-refractivity contribution in [2.75, 3.05) is 13.1 Å². The molecular formula is C16H22N2O. The van der Waals surface area contributed by atoms with Crippen LogP contribution in [0.1, 0.15) is 41.8 Å². The summed E-state index contributed by atoms with van der Waals surface area (Å²) in [6.07, 6.45) is 3.28. The monoisotopic (exact) mass is 258 g/mol. The molecule has 0 aromatic heterocycles. The molecule has 0 spiro atoms. The van der Waals surface area contributed by atoms with Crippen LogP contribution in [-0.4, -0.2) is 25.0 Å². The van der Waals surface area contributed by atoms with Crippen molar-refractivity contribution in [2.45, 2.75) is 33.2 Å². The van der Waals surface area contributed by atoms with Crippen LogP contribution >= 0.6 is 0 Å². The normalized spacial score (nSPS) is 15.3. The molecule has 0 saturated heterocycles. The zero-order valence-corrected chi connectivity index (χ0v) is 11.9. The van der Waals surface area contributed by atoms with Gasteiger partial charge in [0, 0.05) is 18.2 Å². The summed E-state index contributed by atoms with van der Waals surface area (Å²) >= 11 is 0. The average molecular weight is 258 g/mol. The third kappa shape index (κ3) is 3.44. The lowest BCUT2D eigenvalue weighted by atomic mass is 9.96. The van der Waals surface area contributed by atoms with Crippen LogP contribution in [0.2, 0.25) is 0 Å². The summed E-state index contributed by atoms with van der Waals surface area (Å²) in [6.45, 7) is 7.91. The van der Waals surface area contributed by atoms with E-state index < -0.39 is 0 Å². The maximum absolute atomic E-state index is 12.0. The van der Waals surface area contributed by atoms with E-state index in [4.69, 9.17) is 0 Å². The smallest absolute Gasteiger partial charge is 0.251 e. The van der Waals surface area contributed by atoms with Gasteiger partial charge in [-0.15, -0.1) is 0 Å². The zero-order valence-electron chi connectivity index (χ0n) is 11.9. The summed E-state index contributed by atoms with van der Waals surface area (Å²) in [5.41, 5.74) is 4.42. The number of carbonyl (C=O) groups excluding carboxylic acids is 1. The molecule has 1 aliphatic rings. The molecule has 1 aliphatic heterocycles. The van der Waals surface area contributed by atoms with Crippen molar-refractivity contribution in [1.29, 1.82) is 0 Å². The first-order chi connectivity index (χ1) is 9.08. The number of hydrogen-bond acceptors (Lipinski definition) is 2. The van der Waals surface area contributed by atoms with Gasteiger partial charge in [0.2, 0.25) is 0 Å². The Labute approximate surface area is 115 Å². The molecule has 102 valence electrons. The van der Waals surface area contributed by atoms with Crippen LogP contribution < -0.4 is 10.6 Å².